The molecule has 1 N–H and O–H groups in total. The van der Waals surface area contributed by atoms with Crippen molar-refractivity contribution >= 4 is 11.8 Å². The molecule has 3 rings (SSSR count). The molecule has 0 unspecified atom stereocenters. The van der Waals surface area contributed by atoms with Gasteiger partial charge in [0.15, 0.2) is 0 Å². The van der Waals surface area contributed by atoms with Crippen LogP contribution in [0.4, 0.5) is 13.2 Å². The Bertz CT molecular complexity index is 628. The topological polar surface area (TPSA) is 38.0 Å². The molecule has 7 heteroatoms. The summed E-state index contributed by atoms with van der Waals surface area (Å²) in [4.78, 5) is 4.46. The van der Waals surface area contributed by atoms with Crippen LogP contribution >= 0.6 is 11.8 Å². The number of aliphatic hydroxyl groups is 1. The molecular weight excluding hydrogens is 301 g/mol. The quantitative estimate of drug-likeness (QED) is 0.924. The number of rotatable bonds is 2. The summed E-state index contributed by atoms with van der Waals surface area (Å²) in [5.41, 5.74) is -0.0987. The zero-order chi connectivity index (χ0) is 15.0. The van der Waals surface area contributed by atoms with E-state index in [0.29, 0.717) is 22.8 Å². The molecule has 1 aliphatic heterocycles. The summed E-state index contributed by atoms with van der Waals surface area (Å²) in [5, 5.41) is 10.4. The SMILES string of the molecule is O[C@@H]1c2ccc(C(F)(F)F)cc2SC[C@H]1Cn1ccnc1. The molecule has 2 aromatic rings. The molecule has 0 saturated heterocycles. The third kappa shape index (κ3) is 2.94. The Morgan fingerprint density at radius 2 is 2.19 bits per heavy atom. The van der Waals surface area contributed by atoms with Gasteiger partial charge in [-0.3, -0.25) is 0 Å². The zero-order valence-corrected chi connectivity index (χ0v) is 11.7. The lowest BCUT2D eigenvalue weighted by atomic mass is 9.95. The number of halogens is 3. The minimum Gasteiger partial charge on any atom is -0.388 e. The minimum absolute atomic E-state index is 0.0477. The van der Waals surface area contributed by atoms with Crippen LogP contribution in [0.5, 0.6) is 0 Å². The van der Waals surface area contributed by atoms with Crippen LogP contribution in [0, 0.1) is 5.92 Å². The largest absolute Gasteiger partial charge is 0.416 e. The number of benzene rings is 1. The van der Waals surface area contributed by atoms with Crippen molar-refractivity contribution in [3.8, 4) is 0 Å². The van der Waals surface area contributed by atoms with Gasteiger partial charge >= 0.3 is 6.18 Å². The maximum Gasteiger partial charge on any atom is 0.416 e. The average Bonchev–Trinajstić information content (AvgIpc) is 2.93. The number of thioether (sulfide) groups is 1. The number of aromatic nitrogens is 2. The third-order valence-electron chi connectivity index (χ3n) is 3.56. The second-order valence-electron chi connectivity index (χ2n) is 5.03. The molecule has 0 spiro atoms. The van der Waals surface area contributed by atoms with Crippen molar-refractivity contribution in [3.05, 3.63) is 48.0 Å². The van der Waals surface area contributed by atoms with Crippen LogP contribution in [0.25, 0.3) is 0 Å². The predicted octanol–water partition coefficient (Wildman–Crippen LogP) is 3.36. The molecule has 0 bridgehead atoms. The highest BCUT2D eigenvalue weighted by atomic mass is 32.2. The molecule has 0 amide bonds. The summed E-state index contributed by atoms with van der Waals surface area (Å²) < 4.78 is 40.0. The van der Waals surface area contributed by atoms with Crippen LogP contribution in [0.15, 0.2) is 41.8 Å². The van der Waals surface area contributed by atoms with Gasteiger partial charge in [-0.15, -0.1) is 11.8 Å². The lowest BCUT2D eigenvalue weighted by molar-refractivity contribution is -0.137. The number of nitrogens with zero attached hydrogens (tertiary/aromatic N) is 2. The van der Waals surface area contributed by atoms with E-state index in [1.54, 1.807) is 18.7 Å². The molecule has 3 nitrogen and oxygen atoms in total. The Labute approximate surface area is 123 Å². The predicted molar refractivity (Wildman–Crippen MR) is 72.8 cm³/mol. The van der Waals surface area contributed by atoms with Gasteiger partial charge in [0.1, 0.15) is 0 Å². The smallest absolute Gasteiger partial charge is 0.388 e. The van der Waals surface area contributed by atoms with Gasteiger partial charge in [-0.1, -0.05) is 6.07 Å². The van der Waals surface area contributed by atoms with Gasteiger partial charge < -0.3 is 9.67 Å². The summed E-state index contributed by atoms with van der Waals surface area (Å²) >= 11 is 1.36. The first-order chi connectivity index (χ1) is 9.95. The highest BCUT2D eigenvalue weighted by Crippen LogP contribution is 2.42. The lowest BCUT2D eigenvalue weighted by Crippen LogP contribution is -2.24. The number of aliphatic hydroxyl groups excluding tert-OH is 1. The molecule has 21 heavy (non-hydrogen) atoms. The second kappa shape index (κ2) is 5.38. The monoisotopic (exact) mass is 314 g/mol. The molecular formula is C14H13F3N2OS. The van der Waals surface area contributed by atoms with Gasteiger partial charge in [0.25, 0.3) is 0 Å². The maximum atomic E-state index is 12.7. The van der Waals surface area contributed by atoms with Gasteiger partial charge in [0.2, 0.25) is 0 Å². The number of imidazole rings is 1. The van der Waals surface area contributed by atoms with Crippen molar-refractivity contribution in [2.75, 3.05) is 5.75 Å². The summed E-state index contributed by atoms with van der Waals surface area (Å²) in [5.74, 6) is 0.529. The van der Waals surface area contributed by atoms with Gasteiger partial charge in [-0.05, 0) is 17.7 Å². The maximum absolute atomic E-state index is 12.7. The summed E-state index contributed by atoms with van der Waals surface area (Å²) in [6.45, 7) is 0.592. The van der Waals surface area contributed by atoms with Crippen LogP contribution in [-0.2, 0) is 12.7 Å². The van der Waals surface area contributed by atoms with Crippen LogP contribution in [0.1, 0.15) is 17.2 Å². The molecule has 0 radical (unpaired) electrons. The first kappa shape index (κ1) is 14.5. The fraction of sp³-hybridized carbons (Fsp3) is 0.357. The van der Waals surface area contributed by atoms with Crippen molar-refractivity contribution in [1.29, 1.82) is 0 Å². The molecule has 112 valence electrons. The van der Waals surface area contributed by atoms with Gasteiger partial charge in [0, 0.05) is 35.5 Å². The molecule has 1 aliphatic rings. The van der Waals surface area contributed by atoms with Crippen molar-refractivity contribution < 1.29 is 18.3 Å². The van der Waals surface area contributed by atoms with E-state index in [9.17, 15) is 18.3 Å². The fourth-order valence-corrected chi connectivity index (χ4v) is 3.69. The first-order valence-electron chi connectivity index (χ1n) is 6.43. The van der Waals surface area contributed by atoms with E-state index in [-0.39, 0.29) is 5.92 Å². The first-order valence-corrected chi connectivity index (χ1v) is 7.41. The molecule has 2 atom stereocenters. The molecule has 0 aliphatic carbocycles. The average molecular weight is 314 g/mol. The number of hydrogen-bond acceptors (Lipinski definition) is 3. The Hall–Kier alpha value is -1.47. The lowest BCUT2D eigenvalue weighted by Gasteiger charge is -2.30. The van der Waals surface area contributed by atoms with Gasteiger partial charge in [0.05, 0.1) is 18.0 Å². The standard InChI is InChI=1S/C14H13F3N2OS/c15-14(16,17)10-1-2-11-12(5-10)21-7-9(13(11)20)6-19-4-3-18-8-19/h1-5,8-9,13,20H,6-7H2/t9-,13+/m1/s1. The number of fused-ring (bicyclic) bond motifs is 1. The molecule has 2 heterocycles. The highest BCUT2D eigenvalue weighted by Gasteiger charge is 2.34. The summed E-state index contributed by atoms with van der Waals surface area (Å²) in [6, 6.07) is 3.54. The van der Waals surface area contributed by atoms with Crippen LogP contribution in [-0.4, -0.2) is 20.4 Å². The Balaban J connectivity index is 1.83. The molecule has 0 fully saturated rings. The fourth-order valence-electron chi connectivity index (χ4n) is 2.44. The van der Waals surface area contributed by atoms with E-state index in [1.165, 1.54) is 17.8 Å². The third-order valence-corrected chi connectivity index (χ3v) is 4.82. The second-order valence-corrected chi connectivity index (χ2v) is 6.09. The van der Waals surface area contributed by atoms with E-state index < -0.39 is 17.8 Å². The van der Waals surface area contributed by atoms with Crippen LogP contribution in [0.2, 0.25) is 0 Å². The van der Waals surface area contributed by atoms with Crippen LogP contribution < -0.4 is 0 Å². The Morgan fingerprint density at radius 3 is 2.86 bits per heavy atom. The number of alkyl halides is 3. The molecule has 1 aromatic carbocycles. The van der Waals surface area contributed by atoms with Crippen molar-refractivity contribution in [2.45, 2.75) is 23.7 Å². The Kier molecular flexibility index (Phi) is 3.71. The van der Waals surface area contributed by atoms with E-state index in [4.69, 9.17) is 0 Å². The van der Waals surface area contributed by atoms with E-state index in [1.807, 2.05) is 4.57 Å². The van der Waals surface area contributed by atoms with Gasteiger partial charge in [-0.25, -0.2) is 4.98 Å². The van der Waals surface area contributed by atoms with Crippen molar-refractivity contribution in [3.63, 3.8) is 0 Å². The molecule has 1 aromatic heterocycles. The van der Waals surface area contributed by atoms with E-state index in [2.05, 4.69) is 4.98 Å². The van der Waals surface area contributed by atoms with E-state index in [0.717, 1.165) is 12.1 Å². The normalized spacial score (nSPS) is 22.1. The molecule has 0 saturated carbocycles. The zero-order valence-electron chi connectivity index (χ0n) is 10.9. The number of hydrogen-bond donors (Lipinski definition) is 1. The Morgan fingerprint density at radius 1 is 1.38 bits per heavy atom. The summed E-state index contributed by atoms with van der Waals surface area (Å²) in [6.07, 6.45) is 0.0188. The van der Waals surface area contributed by atoms with Crippen molar-refractivity contribution in [1.82, 2.24) is 9.55 Å². The van der Waals surface area contributed by atoms with Crippen LogP contribution in [0.3, 0.4) is 0 Å². The minimum atomic E-state index is -4.35. The highest BCUT2D eigenvalue weighted by molar-refractivity contribution is 7.99. The van der Waals surface area contributed by atoms with Crippen molar-refractivity contribution in [2.24, 2.45) is 5.92 Å². The van der Waals surface area contributed by atoms with Gasteiger partial charge in [-0.2, -0.15) is 13.2 Å². The summed E-state index contributed by atoms with van der Waals surface area (Å²) in [7, 11) is 0. The van der Waals surface area contributed by atoms with E-state index >= 15 is 0 Å².